The smallest absolute Gasteiger partial charge is 0.308 e. The van der Waals surface area contributed by atoms with Crippen LogP contribution >= 0.6 is 11.6 Å². The first-order chi connectivity index (χ1) is 15.1. The Labute approximate surface area is 190 Å². The molecule has 0 N–H and O–H groups in total. The summed E-state index contributed by atoms with van der Waals surface area (Å²) < 4.78 is 67.1. The predicted octanol–water partition coefficient (Wildman–Crippen LogP) is 5.05. The number of carbonyl (C=O) groups excluding carboxylic acids is 1. The van der Waals surface area contributed by atoms with E-state index in [-0.39, 0.29) is 48.0 Å². The van der Waals surface area contributed by atoms with Crippen molar-refractivity contribution in [3.05, 3.63) is 58.6 Å². The number of carbonyl (C=O) groups is 1. The van der Waals surface area contributed by atoms with Gasteiger partial charge in [-0.15, -0.1) is 0 Å². The van der Waals surface area contributed by atoms with Crippen molar-refractivity contribution in [1.29, 1.82) is 0 Å². The van der Waals surface area contributed by atoms with Crippen molar-refractivity contribution in [1.82, 2.24) is 0 Å². The maximum Gasteiger partial charge on any atom is 0.308 e. The topological polar surface area (TPSA) is 69.7 Å². The lowest BCUT2D eigenvalue weighted by molar-refractivity contribution is -0.156. The van der Waals surface area contributed by atoms with Gasteiger partial charge >= 0.3 is 5.97 Å². The summed E-state index contributed by atoms with van der Waals surface area (Å²) in [6.07, 6.45) is -0.238. The van der Waals surface area contributed by atoms with Crippen molar-refractivity contribution >= 4 is 27.4 Å². The maximum atomic E-state index is 15.2. The lowest BCUT2D eigenvalue weighted by Crippen LogP contribution is -2.53. The van der Waals surface area contributed by atoms with E-state index in [9.17, 15) is 17.6 Å². The van der Waals surface area contributed by atoms with E-state index in [0.717, 1.165) is 12.1 Å². The van der Waals surface area contributed by atoms with Gasteiger partial charge in [0.05, 0.1) is 23.0 Å². The molecule has 2 aliphatic rings. The first kappa shape index (κ1) is 23.0. The Kier molecular flexibility index (Phi) is 5.96. The van der Waals surface area contributed by atoms with Gasteiger partial charge in [0, 0.05) is 10.9 Å². The van der Waals surface area contributed by atoms with E-state index in [4.69, 9.17) is 21.1 Å². The van der Waals surface area contributed by atoms with Crippen molar-refractivity contribution in [2.45, 2.75) is 48.9 Å². The molecule has 0 bridgehead atoms. The molecule has 3 atom stereocenters. The molecule has 2 aromatic carbocycles. The SMILES string of the molecule is CC(C)C(=O)O[C@@H]1CC[C@@]2(S(=O)(=O)c3ccc(Cl)cc3)c3c(F)ccc(F)c3OC[C@H]2C1. The minimum absolute atomic E-state index is 0.0407. The Hall–Kier alpha value is -2.19. The van der Waals surface area contributed by atoms with Crippen molar-refractivity contribution in [3.63, 3.8) is 0 Å². The van der Waals surface area contributed by atoms with Gasteiger partial charge in [-0.25, -0.2) is 17.2 Å². The first-order valence-electron chi connectivity index (χ1n) is 10.4. The summed E-state index contributed by atoms with van der Waals surface area (Å²) in [6.45, 7) is 3.27. The van der Waals surface area contributed by atoms with Gasteiger partial charge in [-0.1, -0.05) is 25.4 Å². The number of sulfone groups is 1. The van der Waals surface area contributed by atoms with Crippen molar-refractivity contribution in [2.24, 2.45) is 11.8 Å². The van der Waals surface area contributed by atoms with Crippen LogP contribution in [0, 0.1) is 23.5 Å². The zero-order chi connectivity index (χ0) is 23.3. The average Bonchev–Trinajstić information content (AvgIpc) is 2.75. The summed E-state index contributed by atoms with van der Waals surface area (Å²) in [4.78, 5) is 12.1. The lowest BCUT2D eigenvalue weighted by Gasteiger charge is -2.48. The van der Waals surface area contributed by atoms with E-state index in [0.29, 0.717) is 5.02 Å². The van der Waals surface area contributed by atoms with Crippen LogP contribution in [0.1, 0.15) is 38.7 Å². The Morgan fingerprint density at radius 3 is 2.47 bits per heavy atom. The van der Waals surface area contributed by atoms with Gasteiger partial charge in [0.2, 0.25) is 0 Å². The van der Waals surface area contributed by atoms with Gasteiger partial charge in [0.25, 0.3) is 0 Å². The second-order valence-corrected chi connectivity index (χ2v) is 11.2. The first-order valence-corrected chi connectivity index (χ1v) is 12.3. The zero-order valence-corrected chi connectivity index (χ0v) is 19.2. The fourth-order valence-corrected chi connectivity index (χ4v) is 7.20. The second-order valence-electron chi connectivity index (χ2n) is 8.58. The predicted molar refractivity (Wildman–Crippen MR) is 114 cm³/mol. The Morgan fingerprint density at radius 1 is 1.16 bits per heavy atom. The summed E-state index contributed by atoms with van der Waals surface area (Å²) in [7, 11) is -4.21. The number of benzene rings is 2. The highest BCUT2D eigenvalue weighted by Gasteiger charge is 2.60. The highest BCUT2D eigenvalue weighted by Crippen LogP contribution is 2.56. The van der Waals surface area contributed by atoms with Gasteiger partial charge in [-0.05, 0) is 55.7 Å². The fraction of sp³-hybridized carbons (Fsp3) is 0.435. The quantitative estimate of drug-likeness (QED) is 0.568. The molecule has 1 aliphatic heterocycles. The van der Waals surface area contributed by atoms with Crippen LogP contribution in [-0.4, -0.2) is 27.1 Å². The average molecular weight is 485 g/mol. The lowest BCUT2D eigenvalue weighted by atomic mass is 9.72. The van der Waals surface area contributed by atoms with Gasteiger partial charge < -0.3 is 9.47 Å². The number of esters is 1. The van der Waals surface area contributed by atoms with Gasteiger partial charge in [-0.3, -0.25) is 4.79 Å². The number of hydrogen-bond acceptors (Lipinski definition) is 5. The fourth-order valence-electron chi connectivity index (χ4n) is 4.71. The van der Waals surface area contributed by atoms with E-state index in [1.807, 2.05) is 0 Å². The summed E-state index contributed by atoms with van der Waals surface area (Å²) in [5, 5.41) is 0.354. The number of rotatable bonds is 4. The van der Waals surface area contributed by atoms with Crippen molar-refractivity contribution in [2.75, 3.05) is 6.61 Å². The minimum Gasteiger partial charge on any atom is -0.490 e. The van der Waals surface area contributed by atoms with E-state index < -0.39 is 44.2 Å². The summed E-state index contributed by atoms with van der Waals surface area (Å²) >= 11 is 5.93. The molecular weight excluding hydrogens is 462 g/mol. The molecule has 0 radical (unpaired) electrons. The number of hydrogen-bond donors (Lipinski definition) is 0. The van der Waals surface area contributed by atoms with E-state index in [1.54, 1.807) is 13.8 Å². The standard InChI is InChI=1S/C23H23ClF2O5S/c1-13(2)22(27)31-16-9-10-23(32(28,29)17-5-3-15(24)4-6-17)14(11-16)12-30-21-19(26)8-7-18(25)20(21)23/h3-8,13-14,16H,9-12H2,1-2H3/t14-,16-,23+/m1/s1. The normalized spacial score (nSPS) is 24.9. The molecule has 1 fully saturated rings. The molecule has 1 aliphatic carbocycles. The molecule has 0 spiro atoms. The molecule has 5 nitrogen and oxygen atoms in total. The van der Waals surface area contributed by atoms with E-state index >= 15 is 4.39 Å². The zero-order valence-electron chi connectivity index (χ0n) is 17.6. The third-order valence-electron chi connectivity index (χ3n) is 6.31. The highest BCUT2D eigenvalue weighted by atomic mass is 35.5. The number of ether oxygens (including phenoxy) is 2. The van der Waals surface area contributed by atoms with Crippen LogP contribution in [0.4, 0.5) is 8.78 Å². The Balaban J connectivity index is 1.86. The Morgan fingerprint density at radius 2 is 1.81 bits per heavy atom. The monoisotopic (exact) mass is 484 g/mol. The molecule has 0 aromatic heterocycles. The third kappa shape index (κ3) is 3.57. The van der Waals surface area contributed by atoms with Crippen LogP contribution in [0.2, 0.25) is 5.02 Å². The van der Waals surface area contributed by atoms with Crippen LogP contribution in [0.15, 0.2) is 41.3 Å². The molecular formula is C23H23ClF2O5S. The minimum atomic E-state index is -4.21. The molecule has 32 heavy (non-hydrogen) atoms. The third-order valence-corrected chi connectivity index (χ3v) is 9.16. The molecule has 4 rings (SSSR count). The van der Waals surface area contributed by atoms with Gasteiger partial charge in [0.1, 0.15) is 16.7 Å². The molecule has 1 heterocycles. The van der Waals surface area contributed by atoms with Crippen LogP contribution < -0.4 is 4.74 Å². The largest absolute Gasteiger partial charge is 0.490 e. The van der Waals surface area contributed by atoms with Crippen LogP contribution in [0.25, 0.3) is 0 Å². The van der Waals surface area contributed by atoms with Gasteiger partial charge in [0.15, 0.2) is 21.4 Å². The second kappa shape index (κ2) is 8.30. The molecule has 0 unspecified atom stereocenters. The van der Waals surface area contributed by atoms with Crippen molar-refractivity contribution in [3.8, 4) is 5.75 Å². The molecule has 0 amide bonds. The Bertz CT molecular complexity index is 1150. The summed E-state index contributed by atoms with van der Waals surface area (Å²) in [5.74, 6) is -3.52. The van der Waals surface area contributed by atoms with Crippen molar-refractivity contribution < 1.29 is 31.5 Å². The van der Waals surface area contributed by atoms with Crippen LogP contribution in [0.3, 0.4) is 0 Å². The summed E-state index contributed by atoms with van der Waals surface area (Å²) in [6, 6.07) is 7.45. The number of fused-ring (bicyclic) bond motifs is 3. The molecule has 172 valence electrons. The van der Waals surface area contributed by atoms with E-state index in [1.165, 1.54) is 24.3 Å². The highest BCUT2D eigenvalue weighted by molar-refractivity contribution is 7.92. The molecule has 0 saturated heterocycles. The summed E-state index contributed by atoms with van der Waals surface area (Å²) in [5.41, 5.74) is -0.294. The molecule has 1 saturated carbocycles. The van der Waals surface area contributed by atoms with E-state index in [2.05, 4.69) is 0 Å². The molecule has 2 aromatic rings. The molecule has 9 heteroatoms. The van der Waals surface area contributed by atoms with Crippen LogP contribution in [-0.2, 0) is 24.1 Å². The van der Waals surface area contributed by atoms with Crippen LogP contribution in [0.5, 0.6) is 5.75 Å². The van der Waals surface area contributed by atoms with Gasteiger partial charge in [-0.2, -0.15) is 0 Å². The maximum absolute atomic E-state index is 15.2. The number of halogens is 3.